The van der Waals surface area contributed by atoms with Crippen LogP contribution in [0.5, 0.6) is 11.5 Å². The third kappa shape index (κ3) is 4.58. The highest BCUT2D eigenvalue weighted by molar-refractivity contribution is 5.86. The van der Waals surface area contributed by atoms with E-state index in [0.29, 0.717) is 24.7 Å². The Labute approximate surface area is 198 Å². The summed E-state index contributed by atoms with van der Waals surface area (Å²) >= 11 is 0. The summed E-state index contributed by atoms with van der Waals surface area (Å²) in [5.74, 6) is 2.06. The van der Waals surface area contributed by atoms with Gasteiger partial charge in [-0.2, -0.15) is 0 Å². The molecule has 0 aliphatic carbocycles. The lowest BCUT2D eigenvalue weighted by Crippen LogP contribution is -2.15. The Bertz CT molecular complexity index is 1340. The van der Waals surface area contributed by atoms with Crippen LogP contribution in [0.2, 0.25) is 0 Å². The molecule has 0 atom stereocenters. The number of hydrogen-bond donors (Lipinski definition) is 1. The summed E-state index contributed by atoms with van der Waals surface area (Å²) in [5, 5.41) is 3.42. The molecule has 2 aromatic heterocycles. The summed E-state index contributed by atoms with van der Waals surface area (Å²) in [7, 11) is 5.76. The van der Waals surface area contributed by atoms with Gasteiger partial charge in [-0.15, -0.1) is 0 Å². The molecule has 174 valence electrons. The molecule has 4 aromatic rings. The minimum absolute atomic E-state index is 0.630. The van der Waals surface area contributed by atoms with Gasteiger partial charge in [0.25, 0.3) is 0 Å². The van der Waals surface area contributed by atoms with E-state index in [-0.39, 0.29) is 0 Å². The van der Waals surface area contributed by atoms with Gasteiger partial charge in [-0.1, -0.05) is 12.1 Å². The van der Waals surface area contributed by atoms with Crippen molar-refractivity contribution in [3.8, 4) is 22.8 Å². The summed E-state index contributed by atoms with van der Waals surface area (Å²) in [5.41, 5.74) is 5.87. The van der Waals surface area contributed by atoms with E-state index in [1.54, 1.807) is 13.3 Å². The molecule has 3 heterocycles. The van der Waals surface area contributed by atoms with Crippen molar-refractivity contribution in [3.63, 3.8) is 0 Å². The Morgan fingerprint density at radius 2 is 2.03 bits per heavy atom. The number of hydrogen-bond acceptors (Lipinski definition) is 7. The van der Waals surface area contributed by atoms with E-state index in [9.17, 15) is 0 Å². The van der Waals surface area contributed by atoms with Crippen LogP contribution in [0, 0.1) is 0 Å². The van der Waals surface area contributed by atoms with Crippen LogP contribution in [0.1, 0.15) is 17.5 Å². The summed E-state index contributed by atoms with van der Waals surface area (Å²) < 4.78 is 13.5. The minimum Gasteiger partial charge on any atom is -0.493 e. The van der Waals surface area contributed by atoms with Crippen LogP contribution < -0.4 is 14.8 Å². The van der Waals surface area contributed by atoms with Crippen molar-refractivity contribution < 1.29 is 9.47 Å². The molecule has 8 heteroatoms. The Hall–Kier alpha value is -3.91. The normalized spacial score (nSPS) is 12.4. The van der Waals surface area contributed by atoms with Gasteiger partial charge in [-0.25, -0.2) is 9.97 Å². The first-order chi connectivity index (χ1) is 16.6. The van der Waals surface area contributed by atoms with E-state index in [4.69, 9.17) is 14.5 Å². The van der Waals surface area contributed by atoms with Crippen molar-refractivity contribution in [1.29, 1.82) is 0 Å². The zero-order valence-corrected chi connectivity index (χ0v) is 19.7. The van der Waals surface area contributed by atoms with Crippen LogP contribution in [0.4, 0.5) is 11.5 Å². The number of nitrogens with one attached hydrogen (secondary N) is 1. The summed E-state index contributed by atoms with van der Waals surface area (Å²) in [6, 6.07) is 12.1. The molecule has 1 N–H and O–H groups in total. The smallest absolute Gasteiger partial charge is 0.180 e. The number of methoxy groups -OCH3 is 1. The first kappa shape index (κ1) is 21.9. The van der Waals surface area contributed by atoms with Gasteiger partial charge >= 0.3 is 0 Å². The van der Waals surface area contributed by atoms with Gasteiger partial charge < -0.3 is 24.1 Å². The second-order valence-electron chi connectivity index (χ2n) is 8.51. The van der Waals surface area contributed by atoms with E-state index in [0.717, 1.165) is 41.3 Å². The third-order valence-electron chi connectivity index (χ3n) is 5.74. The number of anilines is 2. The molecule has 0 bridgehead atoms. The second kappa shape index (κ2) is 9.52. The maximum Gasteiger partial charge on any atom is 0.180 e. The van der Waals surface area contributed by atoms with Gasteiger partial charge in [0.15, 0.2) is 23.0 Å². The van der Waals surface area contributed by atoms with Crippen LogP contribution >= 0.6 is 0 Å². The second-order valence-corrected chi connectivity index (χ2v) is 8.51. The highest BCUT2D eigenvalue weighted by Crippen LogP contribution is 2.33. The average Bonchev–Trinajstić information content (AvgIpc) is 3.51. The van der Waals surface area contributed by atoms with E-state index in [1.807, 2.05) is 41.2 Å². The largest absolute Gasteiger partial charge is 0.493 e. The Morgan fingerprint density at radius 1 is 1.12 bits per heavy atom. The van der Waals surface area contributed by atoms with Gasteiger partial charge in [0, 0.05) is 48.7 Å². The molecular weight excluding hydrogens is 428 g/mol. The summed E-state index contributed by atoms with van der Waals surface area (Å²) in [6.07, 6.45) is 8.55. The molecule has 1 aliphatic rings. The lowest BCUT2D eigenvalue weighted by molar-refractivity contribution is 0.268. The fourth-order valence-corrected chi connectivity index (χ4v) is 3.99. The van der Waals surface area contributed by atoms with Crippen LogP contribution in [0.15, 0.2) is 60.0 Å². The van der Waals surface area contributed by atoms with Crippen molar-refractivity contribution in [2.75, 3.05) is 39.7 Å². The highest BCUT2D eigenvalue weighted by Gasteiger charge is 2.14. The zero-order valence-electron chi connectivity index (χ0n) is 19.7. The average molecular weight is 457 g/mol. The fraction of sp³-hybridized carbons (Fsp3) is 0.269. The highest BCUT2D eigenvalue weighted by atomic mass is 16.5. The Balaban J connectivity index is 1.41. The summed E-state index contributed by atoms with van der Waals surface area (Å²) in [6.45, 7) is 2.32. The van der Waals surface area contributed by atoms with Gasteiger partial charge in [0.1, 0.15) is 0 Å². The van der Waals surface area contributed by atoms with Gasteiger partial charge in [-0.05, 0) is 49.8 Å². The number of benzene rings is 2. The van der Waals surface area contributed by atoms with Crippen molar-refractivity contribution in [3.05, 3.63) is 66.1 Å². The van der Waals surface area contributed by atoms with E-state index < -0.39 is 0 Å². The molecule has 5 rings (SSSR count). The first-order valence-corrected chi connectivity index (χ1v) is 11.3. The zero-order chi connectivity index (χ0) is 23.5. The number of nitrogens with zero attached hydrogens (tertiary/aromatic N) is 5. The predicted molar refractivity (Wildman–Crippen MR) is 135 cm³/mol. The molecule has 0 saturated carbocycles. The predicted octanol–water partition coefficient (Wildman–Crippen LogP) is 4.41. The lowest BCUT2D eigenvalue weighted by Gasteiger charge is -2.15. The van der Waals surface area contributed by atoms with Gasteiger partial charge in [0.2, 0.25) is 0 Å². The number of aromatic nitrogens is 3. The number of aliphatic imine (C=N–C) groups is 1. The molecule has 0 unspecified atom stereocenters. The Morgan fingerprint density at radius 3 is 2.88 bits per heavy atom. The first-order valence-electron chi connectivity index (χ1n) is 11.3. The van der Waals surface area contributed by atoms with Crippen molar-refractivity contribution in [2.45, 2.75) is 13.0 Å². The van der Waals surface area contributed by atoms with Crippen molar-refractivity contribution in [2.24, 2.45) is 4.99 Å². The molecule has 34 heavy (non-hydrogen) atoms. The van der Waals surface area contributed by atoms with E-state index in [1.165, 1.54) is 11.1 Å². The molecule has 8 nitrogen and oxygen atoms in total. The molecule has 0 fully saturated rings. The maximum atomic E-state index is 5.93. The third-order valence-corrected chi connectivity index (χ3v) is 5.74. The fourth-order valence-electron chi connectivity index (χ4n) is 3.99. The van der Waals surface area contributed by atoms with Crippen molar-refractivity contribution >= 4 is 23.4 Å². The Kier molecular flexibility index (Phi) is 6.14. The molecular formula is C26H28N6O2. The van der Waals surface area contributed by atoms with Crippen LogP contribution in [-0.2, 0) is 6.54 Å². The number of imidazole rings is 1. The standard InChI is InChI=1S/C26H28N6O2/c1-31(2)10-4-12-34-23-8-7-21(14-24(23)33-3)29-25-26-28-9-11-32(26)17-22(30-25)18-5-6-19-15-27-16-20(19)13-18/h5-9,11,13-15,17H,4,10,12,16H2,1-3H3,(H,29,30). The quantitative estimate of drug-likeness (QED) is 0.376. The van der Waals surface area contributed by atoms with E-state index in [2.05, 4.69) is 52.5 Å². The van der Waals surface area contributed by atoms with Crippen LogP contribution in [0.25, 0.3) is 16.9 Å². The van der Waals surface area contributed by atoms with Crippen LogP contribution in [0.3, 0.4) is 0 Å². The molecule has 1 aliphatic heterocycles. The molecule has 0 radical (unpaired) electrons. The lowest BCUT2D eigenvalue weighted by atomic mass is 10.0. The number of fused-ring (bicyclic) bond motifs is 2. The number of ether oxygens (including phenoxy) is 2. The monoisotopic (exact) mass is 456 g/mol. The topological polar surface area (TPSA) is 76.3 Å². The molecule has 0 amide bonds. The summed E-state index contributed by atoms with van der Waals surface area (Å²) in [4.78, 5) is 15.9. The molecule has 0 saturated heterocycles. The van der Waals surface area contributed by atoms with Crippen LogP contribution in [-0.4, -0.2) is 59.8 Å². The number of rotatable bonds is 9. The molecule has 0 spiro atoms. The van der Waals surface area contributed by atoms with Gasteiger partial charge in [0.05, 0.1) is 26.0 Å². The van der Waals surface area contributed by atoms with Crippen molar-refractivity contribution in [1.82, 2.24) is 19.3 Å². The SMILES string of the molecule is COc1cc(Nc2nc(-c3ccc4c(c3)CN=C4)cn3ccnc23)ccc1OCCCN(C)C. The minimum atomic E-state index is 0.630. The molecule has 2 aromatic carbocycles. The van der Waals surface area contributed by atoms with Gasteiger partial charge in [-0.3, -0.25) is 4.99 Å². The van der Waals surface area contributed by atoms with E-state index >= 15 is 0 Å². The maximum absolute atomic E-state index is 5.93.